The lowest BCUT2D eigenvalue weighted by atomic mass is 10.1. The molecule has 2 aromatic heterocycles. The Balaban J connectivity index is 1.29. The van der Waals surface area contributed by atoms with E-state index in [1.165, 1.54) is 6.33 Å². The van der Waals surface area contributed by atoms with Gasteiger partial charge in [-0.1, -0.05) is 11.6 Å². The van der Waals surface area contributed by atoms with E-state index in [0.29, 0.717) is 54.0 Å². The van der Waals surface area contributed by atoms with Gasteiger partial charge in [-0.25, -0.2) is 24.1 Å². The van der Waals surface area contributed by atoms with Crippen LogP contribution in [0.25, 0.3) is 11.0 Å². The minimum absolute atomic E-state index is 0.0427. The van der Waals surface area contributed by atoms with Crippen LogP contribution in [-0.4, -0.2) is 52.4 Å². The Morgan fingerprint density at radius 3 is 2.69 bits per heavy atom. The number of carbonyl (C=O) groups is 1. The van der Waals surface area contributed by atoms with Gasteiger partial charge in [0.15, 0.2) is 11.6 Å². The number of aromatic nitrogens is 3. The number of alkyl carbamates (subject to hydrolysis) is 1. The lowest BCUT2D eigenvalue weighted by Crippen LogP contribution is -2.60. The van der Waals surface area contributed by atoms with Crippen molar-refractivity contribution in [3.8, 4) is 5.75 Å². The molecule has 1 aromatic carbocycles. The second-order valence-corrected chi connectivity index (χ2v) is 10.5. The molecule has 9 nitrogen and oxygen atoms in total. The monoisotopic (exact) mass is 514 g/mol. The summed E-state index contributed by atoms with van der Waals surface area (Å²) in [4.78, 5) is 27.3. The van der Waals surface area contributed by atoms with Crippen LogP contribution in [0.4, 0.5) is 26.5 Å². The zero-order valence-electron chi connectivity index (χ0n) is 20.3. The van der Waals surface area contributed by atoms with Gasteiger partial charge in [0.05, 0.1) is 23.9 Å². The Bertz CT molecular complexity index is 1290. The van der Waals surface area contributed by atoms with E-state index in [1.807, 2.05) is 37.8 Å². The number of halogens is 2. The van der Waals surface area contributed by atoms with Crippen LogP contribution in [0.15, 0.2) is 30.6 Å². The number of pyridine rings is 1. The molecule has 0 bridgehead atoms. The van der Waals surface area contributed by atoms with Crippen molar-refractivity contribution in [3.63, 3.8) is 0 Å². The maximum absolute atomic E-state index is 15.0. The quantitative estimate of drug-likeness (QED) is 0.451. The van der Waals surface area contributed by atoms with Crippen LogP contribution in [-0.2, 0) is 4.74 Å². The van der Waals surface area contributed by atoms with E-state index in [4.69, 9.17) is 26.1 Å². The molecule has 0 atom stereocenters. The molecule has 5 rings (SSSR count). The summed E-state index contributed by atoms with van der Waals surface area (Å²) < 4.78 is 26.0. The first-order valence-electron chi connectivity index (χ1n) is 11.9. The van der Waals surface area contributed by atoms with Crippen molar-refractivity contribution in [1.82, 2.24) is 20.3 Å². The summed E-state index contributed by atoms with van der Waals surface area (Å²) >= 11 is 6.23. The zero-order chi connectivity index (χ0) is 25.4. The predicted molar refractivity (Wildman–Crippen MR) is 136 cm³/mol. The van der Waals surface area contributed by atoms with E-state index in [9.17, 15) is 4.79 Å². The summed E-state index contributed by atoms with van der Waals surface area (Å²) in [5.41, 5.74) is 0.709. The molecule has 0 spiro atoms. The van der Waals surface area contributed by atoms with E-state index in [-0.39, 0.29) is 16.8 Å². The van der Waals surface area contributed by atoms with E-state index in [1.54, 1.807) is 12.1 Å². The van der Waals surface area contributed by atoms with E-state index in [2.05, 4.69) is 20.6 Å². The number of ether oxygens (including phenoxy) is 2. The second kappa shape index (κ2) is 9.57. The Morgan fingerprint density at radius 1 is 1.19 bits per heavy atom. The minimum atomic E-state index is -0.619. The van der Waals surface area contributed by atoms with Gasteiger partial charge in [-0.2, -0.15) is 0 Å². The standard InChI is InChI=1S/C25H28ClFN6O3/c1-25(2,3)36-24(34)30-15-10-33(11-15)19-9-7-17-22(32-19)23(29-13-28-17)31-16-6-8-18(20(26)21(16)27)35-12-14-4-5-14/h6-9,13-15H,4-5,10-12H2,1-3H3,(H,30,34)(H,28,29,31). The van der Waals surface area contributed by atoms with Crippen LogP contribution in [0, 0.1) is 11.7 Å². The van der Waals surface area contributed by atoms with Gasteiger partial charge < -0.3 is 25.0 Å². The molecular weight excluding hydrogens is 487 g/mol. The van der Waals surface area contributed by atoms with Crippen molar-refractivity contribution in [1.29, 1.82) is 0 Å². The van der Waals surface area contributed by atoms with Crippen LogP contribution in [0.5, 0.6) is 5.75 Å². The molecule has 36 heavy (non-hydrogen) atoms. The van der Waals surface area contributed by atoms with Crippen LogP contribution < -0.4 is 20.3 Å². The van der Waals surface area contributed by atoms with Gasteiger partial charge in [-0.05, 0) is 63.8 Å². The van der Waals surface area contributed by atoms with Crippen LogP contribution in [0.3, 0.4) is 0 Å². The first-order valence-corrected chi connectivity index (χ1v) is 12.3. The van der Waals surface area contributed by atoms with E-state index in [0.717, 1.165) is 12.8 Å². The Kier molecular flexibility index (Phi) is 6.46. The minimum Gasteiger partial charge on any atom is -0.492 e. The van der Waals surface area contributed by atoms with Crippen LogP contribution in [0.1, 0.15) is 33.6 Å². The third kappa shape index (κ3) is 5.53. The number of hydrogen-bond acceptors (Lipinski definition) is 8. The smallest absolute Gasteiger partial charge is 0.407 e. The Labute approximate surface area is 213 Å². The van der Waals surface area contributed by atoms with Gasteiger partial charge in [0.1, 0.15) is 34.0 Å². The fourth-order valence-electron chi connectivity index (χ4n) is 3.79. The number of benzene rings is 1. The fourth-order valence-corrected chi connectivity index (χ4v) is 4.01. The first-order chi connectivity index (χ1) is 17.2. The van der Waals surface area contributed by atoms with Gasteiger partial charge in [-0.15, -0.1) is 0 Å². The third-order valence-electron chi connectivity index (χ3n) is 5.87. The van der Waals surface area contributed by atoms with Crippen LogP contribution >= 0.6 is 11.6 Å². The molecule has 2 fully saturated rings. The van der Waals surface area contributed by atoms with Crippen molar-refractivity contribution in [2.75, 3.05) is 29.9 Å². The molecule has 1 aliphatic carbocycles. The number of anilines is 3. The maximum Gasteiger partial charge on any atom is 0.407 e. The zero-order valence-corrected chi connectivity index (χ0v) is 21.1. The fraction of sp³-hybridized carbons (Fsp3) is 0.440. The molecule has 190 valence electrons. The number of hydrogen-bond donors (Lipinski definition) is 2. The highest BCUT2D eigenvalue weighted by atomic mass is 35.5. The summed E-state index contributed by atoms with van der Waals surface area (Å²) in [7, 11) is 0. The molecule has 11 heteroatoms. The molecule has 0 unspecified atom stereocenters. The number of fused-ring (bicyclic) bond motifs is 1. The summed E-state index contributed by atoms with van der Waals surface area (Å²) in [6, 6.07) is 6.86. The summed E-state index contributed by atoms with van der Waals surface area (Å²) in [5, 5.41) is 5.78. The Hall–Kier alpha value is -3.40. The molecule has 1 saturated heterocycles. The number of nitrogens with one attached hydrogen (secondary N) is 2. The molecule has 1 aliphatic heterocycles. The van der Waals surface area contributed by atoms with Crippen molar-refractivity contribution in [2.45, 2.75) is 45.3 Å². The molecule has 1 amide bonds. The van der Waals surface area contributed by atoms with Crippen molar-refractivity contribution >= 4 is 46.1 Å². The lowest BCUT2D eigenvalue weighted by molar-refractivity contribution is 0.0496. The summed E-state index contributed by atoms with van der Waals surface area (Å²) in [5.74, 6) is 1.29. The molecule has 2 aliphatic rings. The van der Waals surface area contributed by atoms with Gasteiger partial charge in [0.25, 0.3) is 0 Å². The molecule has 3 heterocycles. The van der Waals surface area contributed by atoms with Crippen molar-refractivity contribution in [3.05, 3.63) is 41.4 Å². The van der Waals surface area contributed by atoms with Crippen molar-refractivity contribution in [2.24, 2.45) is 5.92 Å². The largest absolute Gasteiger partial charge is 0.492 e. The normalized spacial score (nSPS) is 16.0. The van der Waals surface area contributed by atoms with Gasteiger partial charge in [0, 0.05) is 13.1 Å². The Morgan fingerprint density at radius 2 is 1.97 bits per heavy atom. The highest BCUT2D eigenvalue weighted by Crippen LogP contribution is 2.36. The molecule has 1 saturated carbocycles. The predicted octanol–water partition coefficient (Wildman–Crippen LogP) is 5.06. The van der Waals surface area contributed by atoms with Crippen LogP contribution in [0.2, 0.25) is 5.02 Å². The van der Waals surface area contributed by atoms with E-state index < -0.39 is 17.5 Å². The second-order valence-electron chi connectivity index (χ2n) is 10.1. The number of carbonyl (C=O) groups excluding carboxylic acids is 1. The number of nitrogens with zero attached hydrogens (tertiary/aromatic N) is 4. The summed E-state index contributed by atoms with van der Waals surface area (Å²) in [6.07, 6.45) is 3.22. The SMILES string of the molecule is CC(C)(C)OC(=O)NC1CN(c2ccc3ncnc(Nc4ccc(OCC5CC5)c(Cl)c4F)c3n2)C1. The molecule has 2 N–H and O–H groups in total. The first kappa shape index (κ1) is 24.3. The molecular formula is C25H28ClFN6O3. The third-order valence-corrected chi connectivity index (χ3v) is 6.22. The summed E-state index contributed by atoms with van der Waals surface area (Å²) in [6.45, 7) is 7.18. The van der Waals surface area contributed by atoms with Gasteiger partial charge >= 0.3 is 6.09 Å². The van der Waals surface area contributed by atoms with Gasteiger partial charge in [0.2, 0.25) is 0 Å². The number of amides is 1. The molecule has 0 radical (unpaired) electrons. The van der Waals surface area contributed by atoms with Crippen molar-refractivity contribution < 1.29 is 18.7 Å². The maximum atomic E-state index is 15.0. The average Bonchev–Trinajstić information content (AvgIpc) is 3.62. The highest BCUT2D eigenvalue weighted by Gasteiger charge is 2.31. The molecule has 3 aromatic rings. The topological polar surface area (TPSA) is 102 Å². The van der Waals surface area contributed by atoms with Gasteiger partial charge in [-0.3, -0.25) is 0 Å². The highest BCUT2D eigenvalue weighted by molar-refractivity contribution is 6.32. The number of rotatable bonds is 7. The lowest BCUT2D eigenvalue weighted by Gasteiger charge is -2.40. The van der Waals surface area contributed by atoms with E-state index >= 15 is 4.39 Å². The average molecular weight is 515 g/mol.